The largest absolute Gasteiger partial charge is 0.381 e. The number of terminal acetylenes is 2. The first kappa shape index (κ1) is 14.4. The fourth-order valence-electron chi connectivity index (χ4n) is 2.77. The van der Waals surface area contributed by atoms with Crippen LogP contribution in [0.5, 0.6) is 0 Å². The first-order valence-corrected chi connectivity index (χ1v) is 7.08. The van der Waals surface area contributed by atoms with Crippen molar-refractivity contribution in [1.82, 2.24) is 0 Å². The van der Waals surface area contributed by atoms with E-state index in [1.807, 2.05) is 0 Å². The summed E-state index contributed by atoms with van der Waals surface area (Å²) in [5, 5.41) is 0. The van der Waals surface area contributed by atoms with Gasteiger partial charge in [0.2, 0.25) is 0 Å². The van der Waals surface area contributed by atoms with Crippen molar-refractivity contribution in [3.05, 3.63) is 0 Å². The minimum atomic E-state index is -0.187. The second-order valence-corrected chi connectivity index (χ2v) is 5.21. The van der Waals surface area contributed by atoms with E-state index < -0.39 is 0 Å². The summed E-state index contributed by atoms with van der Waals surface area (Å²) in [6.07, 6.45) is 14.7. The van der Waals surface area contributed by atoms with Crippen molar-refractivity contribution in [2.45, 2.75) is 37.9 Å². The van der Waals surface area contributed by atoms with Crippen LogP contribution in [-0.4, -0.2) is 38.6 Å². The highest BCUT2D eigenvalue weighted by atomic mass is 16.5. The molecule has 19 heavy (non-hydrogen) atoms. The zero-order valence-electron chi connectivity index (χ0n) is 11.3. The van der Waals surface area contributed by atoms with Crippen LogP contribution in [0.3, 0.4) is 0 Å². The first-order valence-electron chi connectivity index (χ1n) is 7.08. The highest BCUT2D eigenvalue weighted by Crippen LogP contribution is 2.26. The highest BCUT2D eigenvalue weighted by Gasteiger charge is 2.29. The number of hydrogen-bond donors (Lipinski definition) is 0. The van der Waals surface area contributed by atoms with E-state index in [0.29, 0.717) is 11.8 Å². The average Bonchev–Trinajstić information content (AvgIpc) is 2.50. The molecule has 0 bridgehead atoms. The summed E-state index contributed by atoms with van der Waals surface area (Å²) in [6, 6.07) is 0. The zero-order valence-corrected chi connectivity index (χ0v) is 11.3. The lowest BCUT2D eigenvalue weighted by molar-refractivity contribution is -0.0604. The standard InChI is InChI=1S/C16H22O3/c1-3-15(13-5-9-17-10-6-13)19-16(4-2)14-7-11-18-12-8-14/h1-2,13-16H,5-12H2. The Hall–Kier alpha value is -1.00. The van der Waals surface area contributed by atoms with Crippen molar-refractivity contribution < 1.29 is 14.2 Å². The van der Waals surface area contributed by atoms with E-state index in [9.17, 15) is 0 Å². The number of rotatable bonds is 4. The Morgan fingerprint density at radius 1 is 0.789 bits per heavy atom. The van der Waals surface area contributed by atoms with E-state index in [1.54, 1.807) is 0 Å². The molecule has 0 aromatic rings. The van der Waals surface area contributed by atoms with Gasteiger partial charge < -0.3 is 14.2 Å². The quantitative estimate of drug-likeness (QED) is 0.724. The molecular formula is C16H22O3. The topological polar surface area (TPSA) is 27.7 Å². The second-order valence-electron chi connectivity index (χ2n) is 5.21. The summed E-state index contributed by atoms with van der Waals surface area (Å²) in [5.41, 5.74) is 0. The Kier molecular flexibility index (Phi) is 5.73. The van der Waals surface area contributed by atoms with Gasteiger partial charge >= 0.3 is 0 Å². The Morgan fingerprint density at radius 2 is 1.16 bits per heavy atom. The molecule has 0 radical (unpaired) electrons. The van der Waals surface area contributed by atoms with Crippen LogP contribution in [-0.2, 0) is 14.2 Å². The average molecular weight is 262 g/mol. The van der Waals surface area contributed by atoms with Crippen molar-refractivity contribution >= 4 is 0 Å². The van der Waals surface area contributed by atoms with Crippen molar-refractivity contribution in [3.8, 4) is 24.7 Å². The van der Waals surface area contributed by atoms with E-state index in [0.717, 1.165) is 52.1 Å². The van der Waals surface area contributed by atoms with E-state index in [2.05, 4.69) is 11.8 Å². The number of hydrogen-bond acceptors (Lipinski definition) is 3. The Labute approximate surface area is 116 Å². The van der Waals surface area contributed by atoms with E-state index >= 15 is 0 Å². The lowest BCUT2D eigenvalue weighted by Gasteiger charge is -2.32. The van der Waals surface area contributed by atoms with Crippen molar-refractivity contribution in [3.63, 3.8) is 0 Å². The minimum Gasteiger partial charge on any atom is -0.381 e. The van der Waals surface area contributed by atoms with Crippen LogP contribution in [0.1, 0.15) is 25.7 Å². The maximum atomic E-state index is 6.04. The van der Waals surface area contributed by atoms with Gasteiger partial charge in [-0.3, -0.25) is 0 Å². The SMILES string of the molecule is C#CC(OC(C#C)C1CCOCC1)C1CCOCC1. The monoisotopic (exact) mass is 262 g/mol. The molecule has 104 valence electrons. The van der Waals surface area contributed by atoms with E-state index in [-0.39, 0.29) is 12.2 Å². The van der Waals surface area contributed by atoms with Gasteiger partial charge in [0.15, 0.2) is 0 Å². The van der Waals surface area contributed by atoms with E-state index in [1.165, 1.54) is 0 Å². The molecule has 0 amide bonds. The Morgan fingerprint density at radius 3 is 1.47 bits per heavy atom. The molecule has 3 heteroatoms. The van der Waals surface area contributed by atoms with Crippen LogP contribution in [0.2, 0.25) is 0 Å². The van der Waals surface area contributed by atoms with Crippen LogP contribution >= 0.6 is 0 Å². The van der Waals surface area contributed by atoms with Gasteiger partial charge in [0, 0.05) is 38.3 Å². The molecule has 2 aliphatic heterocycles. The summed E-state index contributed by atoms with van der Waals surface area (Å²) in [7, 11) is 0. The molecule has 0 aromatic heterocycles. The molecule has 2 heterocycles. The van der Waals surface area contributed by atoms with Gasteiger partial charge in [-0.05, 0) is 25.7 Å². The van der Waals surface area contributed by atoms with Gasteiger partial charge in [-0.25, -0.2) is 0 Å². The smallest absolute Gasteiger partial charge is 0.122 e. The molecule has 2 aliphatic rings. The molecule has 2 saturated heterocycles. The van der Waals surface area contributed by atoms with Crippen LogP contribution in [0, 0.1) is 36.5 Å². The molecule has 0 spiro atoms. The molecule has 2 unspecified atom stereocenters. The third-order valence-electron chi connectivity index (χ3n) is 4.01. The van der Waals surface area contributed by atoms with Crippen LogP contribution in [0.25, 0.3) is 0 Å². The highest BCUT2D eigenvalue weighted by molar-refractivity contribution is 5.04. The predicted molar refractivity (Wildman–Crippen MR) is 73.4 cm³/mol. The fraction of sp³-hybridized carbons (Fsp3) is 0.750. The lowest BCUT2D eigenvalue weighted by atomic mass is 9.91. The van der Waals surface area contributed by atoms with Crippen LogP contribution in [0.15, 0.2) is 0 Å². The Balaban J connectivity index is 1.91. The van der Waals surface area contributed by atoms with Crippen LogP contribution in [0.4, 0.5) is 0 Å². The summed E-state index contributed by atoms with van der Waals surface area (Å²) in [4.78, 5) is 0. The first-order chi connectivity index (χ1) is 9.35. The van der Waals surface area contributed by atoms with Gasteiger partial charge in [0.25, 0.3) is 0 Å². The summed E-state index contributed by atoms with van der Waals surface area (Å²) >= 11 is 0. The predicted octanol–water partition coefficient (Wildman–Crippen LogP) is 1.86. The third kappa shape index (κ3) is 3.98. The molecule has 2 atom stereocenters. The molecule has 0 N–H and O–H groups in total. The van der Waals surface area contributed by atoms with Crippen molar-refractivity contribution in [1.29, 1.82) is 0 Å². The van der Waals surface area contributed by atoms with Gasteiger partial charge in [0.1, 0.15) is 12.2 Å². The van der Waals surface area contributed by atoms with Crippen molar-refractivity contribution in [2.75, 3.05) is 26.4 Å². The Bertz CT molecular complexity index is 306. The maximum Gasteiger partial charge on any atom is 0.122 e. The summed E-state index contributed by atoms with van der Waals surface area (Å²) in [6.45, 7) is 3.07. The molecule has 2 rings (SSSR count). The molecule has 2 fully saturated rings. The minimum absolute atomic E-state index is 0.187. The second kappa shape index (κ2) is 7.56. The van der Waals surface area contributed by atoms with E-state index in [4.69, 9.17) is 27.1 Å². The van der Waals surface area contributed by atoms with Gasteiger partial charge in [-0.2, -0.15) is 0 Å². The molecule has 0 aliphatic carbocycles. The molecule has 0 aromatic carbocycles. The molecule has 3 nitrogen and oxygen atoms in total. The summed E-state index contributed by atoms with van der Waals surface area (Å²) in [5.74, 6) is 6.28. The molecule has 0 saturated carbocycles. The van der Waals surface area contributed by atoms with Crippen LogP contribution < -0.4 is 0 Å². The third-order valence-corrected chi connectivity index (χ3v) is 4.01. The van der Waals surface area contributed by atoms with Crippen molar-refractivity contribution in [2.24, 2.45) is 11.8 Å². The number of ether oxygens (including phenoxy) is 3. The van der Waals surface area contributed by atoms with Gasteiger partial charge in [0.05, 0.1) is 0 Å². The lowest BCUT2D eigenvalue weighted by Crippen LogP contribution is -2.36. The summed E-state index contributed by atoms with van der Waals surface area (Å²) < 4.78 is 16.8. The normalized spacial score (nSPS) is 25.2. The fourth-order valence-corrected chi connectivity index (χ4v) is 2.77. The zero-order chi connectivity index (χ0) is 13.5. The van der Waals surface area contributed by atoms with Gasteiger partial charge in [-0.15, -0.1) is 12.8 Å². The molecular weight excluding hydrogens is 240 g/mol. The maximum absolute atomic E-state index is 6.04. The van der Waals surface area contributed by atoms with Gasteiger partial charge in [-0.1, -0.05) is 11.8 Å².